The van der Waals surface area contributed by atoms with Crippen molar-refractivity contribution in [2.75, 3.05) is 6.61 Å². The maximum Gasteiger partial charge on any atom is 0.246 e. The number of aromatic amines is 1. The molecule has 1 fully saturated rings. The summed E-state index contributed by atoms with van der Waals surface area (Å²) in [6.07, 6.45) is 2.86. The molecule has 1 aliphatic rings. The van der Waals surface area contributed by atoms with Crippen LogP contribution in [-0.2, 0) is 16.6 Å². The summed E-state index contributed by atoms with van der Waals surface area (Å²) in [5.74, 6) is 1.66. The number of nitrogens with zero attached hydrogens (tertiary/aromatic N) is 6. The van der Waals surface area contributed by atoms with Crippen molar-refractivity contribution in [3.63, 3.8) is 0 Å². The lowest BCUT2D eigenvalue weighted by molar-refractivity contribution is -0.138. The molecule has 4 heterocycles. The number of morpholine rings is 1. The summed E-state index contributed by atoms with van der Waals surface area (Å²) in [6, 6.07) is 11.2. The van der Waals surface area contributed by atoms with Gasteiger partial charge in [-0.05, 0) is 12.5 Å². The van der Waals surface area contributed by atoms with Gasteiger partial charge in [-0.15, -0.1) is 5.10 Å². The van der Waals surface area contributed by atoms with Crippen LogP contribution in [0.2, 0.25) is 0 Å². The molecule has 1 aromatic carbocycles. The van der Waals surface area contributed by atoms with Crippen molar-refractivity contribution >= 4 is 5.91 Å². The minimum Gasteiger partial charge on any atom is -0.358 e. The van der Waals surface area contributed by atoms with E-state index in [9.17, 15) is 4.79 Å². The van der Waals surface area contributed by atoms with E-state index in [1.807, 2.05) is 50.4 Å². The molecule has 1 saturated heterocycles. The van der Waals surface area contributed by atoms with E-state index in [4.69, 9.17) is 14.8 Å². The molecule has 1 aliphatic heterocycles. The second-order valence-electron chi connectivity index (χ2n) is 7.11. The zero-order chi connectivity index (χ0) is 20.7. The molecule has 0 radical (unpaired) electrons. The summed E-state index contributed by atoms with van der Waals surface area (Å²) in [7, 11) is 1.84. The SMILES string of the molecule is Cc1[nH]ncc1-c1nc([C@H]2OCC(=O)N[C@@H]2c2ccccc2)n(-c2ccnn2C)n1. The number of aryl methyl sites for hydroxylation is 2. The molecule has 0 unspecified atom stereocenters. The summed E-state index contributed by atoms with van der Waals surface area (Å²) in [5, 5.41) is 19.0. The fraction of sp³-hybridized carbons (Fsp3) is 0.250. The highest BCUT2D eigenvalue weighted by Gasteiger charge is 2.36. The Morgan fingerprint density at radius 3 is 2.73 bits per heavy atom. The monoisotopic (exact) mass is 404 g/mol. The number of H-pyrrole nitrogens is 1. The van der Waals surface area contributed by atoms with Gasteiger partial charge in [0.15, 0.2) is 17.5 Å². The highest BCUT2D eigenvalue weighted by atomic mass is 16.5. The average molecular weight is 404 g/mol. The Morgan fingerprint density at radius 1 is 1.20 bits per heavy atom. The number of aromatic nitrogens is 7. The molecular formula is C20H20N8O2. The number of hydrogen-bond acceptors (Lipinski definition) is 6. The molecule has 10 heteroatoms. The molecule has 5 rings (SSSR count). The summed E-state index contributed by atoms with van der Waals surface area (Å²) >= 11 is 0. The summed E-state index contributed by atoms with van der Waals surface area (Å²) in [4.78, 5) is 16.9. The first-order chi connectivity index (χ1) is 14.6. The Morgan fingerprint density at radius 2 is 2.03 bits per heavy atom. The van der Waals surface area contributed by atoms with Crippen LogP contribution in [0.1, 0.15) is 29.2 Å². The van der Waals surface area contributed by atoms with Gasteiger partial charge in [-0.1, -0.05) is 30.3 Å². The number of hydrogen-bond donors (Lipinski definition) is 2. The number of carbonyl (C=O) groups excluding carboxylic acids is 1. The number of nitrogens with one attached hydrogen (secondary N) is 2. The van der Waals surface area contributed by atoms with E-state index in [2.05, 4.69) is 20.6 Å². The third kappa shape index (κ3) is 3.07. The van der Waals surface area contributed by atoms with E-state index in [1.54, 1.807) is 21.8 Å². The van der Waals surface area contributed by atoms with Crippen molar-refractivity contribution in [2.45, 2.75) is 19.1 Å². The minimum atomic E-state index is -0.534. The van der Waals surface area contributed by atoms with Crippen molar-refractivity contribution in [1.29, 1.82) is 0 Å². The maximum absolute atomic E-state index is 12.1. The summed E-state index contributed by atoms with van der Waals surface area (Å²) in [6.45, 7) is 1.86. The second-order valence-corrected chi connectivity index (χ2v) is 7.11. The molecular weight excluding hydrogens is 384 g/mol. The number of ether oxygens (including phenoxy) is 1. The average Bonchev–Trinajstić information content (AvgIpc) is 3.48. The quantitative estimate of drug-likeness (QED) is 0.534. The number of amides is 1. The van der Waals surface area contributed by atoms with Gasteiger partial charge in [0.1, 0.15) is 12.7 Å². The molecule has 0 bridgehead atoms. The Labute approximate surface area is 171 Å². The third-order valence-corrected chi connectivity index (χ3v) is 5.14. The molecule has 2 N–H and O–H groups in total. The van der Waals surface area contributed by atoms with Gasteiger partial charge >= 0.3 is 0 Å². The van der Waals surface area contributed by atoms with E-state index in [0.29, 0.717) is 11.6 Å². The van der Waals surface area contributed by atoms with E-state index < -0.39 is 12.1 Å². The van der Waals surface area contributed by atoms with E-state index in [-0.39, 0.29) is 12.5 Å². The Balaban J connectivity index is 1.66. The van der Waals surface area contributed by atoms with E-state index in [1.165, 1.54) is 0 Å². The first kappa shape index (κ1) is 18.3. The molecule has 30 heavy (non-hydrogen) atoms. The molecule has 2 atom stereocenters. The third-order valence-electron chi connectivity index (χ3n) is 5.14. The molecule has 3 aromatic heterocycles. The second kappa shape index (κ2) is 7.23. The van der Waals surface area contributed by atoms with Crippen LogP contribution in [0.15, 0.2) is 48.8 Å². The normalized spacial score (nSPS) is 19.1. The van der Waals surface area contributed by atoms with Crippen LogP contribution in [0, 0.1) is 6.92 Å². The fourth-order valence-corrected chi connectivity index (χ4v) is 3.64. The fourth-order valence-electron chi connectivity index (χ4n) is 3.64. The number of carbonyl (C=O) groups is 1. The van der Waals surface area contributed by atoms with E-state index in [0.717, 1.165) is 22.6 Å². The first-order valence-electron chi connectivity index (χ1n) is 9.53. The van der Waals surface area contributed by atoms with E-state index >= 15 is 0 Å². The van der Waals surface area contributed by atoms with Gasteiger partial charge in [0.25, 0.3) is 0 Å². The zero-order valence-corrected chi connectivity index (χ0v) is 16.5. The lowest BCUT2D eigenvalue weighted by Gasteiger charge is -2.32. The lowest BCUT2D eigenvalue weighted by Crippen LogP contribution is -2.42. The molecule has 152 valence electrons. The van der Waals surface area contributed by atoms with Crippen molar-refractivity contribution in [3.8, 4) is 17.2 Å². The van der Waals surface area contributed by atoms with Gasteiger partial charge < -0.3 is 10.1 Å². The topological polar surface area (TPSA) is 116 Å². The Bertz CT molecular complexity index is 1190. The molecule has 1 amide bonds. The van der Waals surface area contributed by atoms with Crippen molar-refractivity contribution in [2.24, 2.45) is 7.05 Å². The highest BCUT2D eigenvalue weighted by Crippen LogP contribution is 2.35. The molecule has 10 nitrogen and oxygen atoms in total. The summed E-state index contributed by atoms with van der Waals surface area (Å²) in [5.41, 5.74) is 2.59. The van der Waals surface area contributed by atoms with Crippen LogP contribution in [0.5, 0.6) is 0 Å². The maximum atomic E-state index is 12.1. The van der Waals surface area contributed by atoms with Crippen LogP contribution >= 0.6 is 0 Å². The Kier molecular flexibility index (Phi) is 4.40. The van der Waals surface area contributed by atoms with Crippen molar-refractivity contribution in [1.82, 2.24) is 40.1 Å². The number of rotatable bonds is 4. The molecule has 0 aliphatic carbocycles. The minimum absolute atomic E-state index is 0.0493. The predicted octanol–water partition coefficient (Wildman–Crippen LogP) is 1.63. The van der Waals surface area contributed by atoms with Gasteiger partial charge in [0.2, 0.25) is 5.91 Å². The van der Waals surface area contributed by atoms with Gasteiger partial charge in [0, 0.05) is 18.8 Å². The van der Waals surface area contributed by atoms with Gasteiger partial charge in [-0.3, -0.25) is 14.6 Å². The first-order valence-corrected chi connectivity index (χ1v) is 9.53. The largest absolute Gasteiger partial charge is 0.358 e. The smallest absolute Gasteiger partial charge is 0.246 e. The molecule has 0 saturated carbocycles. The standard InChI is InChI=1S/C20H20N8O2/c1-12-14(10-21-25-12)19-24-20(28(26-19)16-8-9-22-27(16)2)18-17(23-15(29)11-30-18)13-6-4-3-5-7-13/h3-10,17-18H,11H2,1-2H3,(H,21,25)(H,23,29)/t17-,18+/m1/s1. The van der Waals surface area contributed by atoms with Crippen LogP contribution in [0.3, 0.4) is 0 Å². The molecule has 4 aromatic rings. The van der Waals surface area contributed by atoms with Gasteiger partial charge in [-0.25, -0.2) is 4.98 Å². The van der Waals surface area contributed by atoms with Crippen LogP contribution < -0.4 is 5.32 Å². The predicted molar refractivity (Wildman–Crippen MR) is 106 cm³/mol. The van der Waals surface area contributed by atoms with Crippen molar-refractivity contribution in [3.05, 3.63) is 65.9 Å². The lowest BCUT2D eigenvalue weighted by atomic mass is 9.99. The highest BCUT2D eigenvalue weighted by molar-refractivity contribution is 5.78. The van der Waals surface area contributed by atoms with Gasteiger partial charge in [-0.2, -0.15) is 14.9 Å². The molecule has 0 spiro atoms. The van der Waals surface area contributed by atoms with Crippen molar-refractivity contribution < 1.29 is 9.53 Å². The zero-order valence-electron chi connectivity index (χ0n) is 16.5. The van der Waals surface area contributed by atoms with Crippen LogP contribution in [0.25, 0.3) is 17.2 Å². The van der Waals surface area contributed by atoms with Crippen LogP contribution in [-0.4, -0.2) is 47.3 Å². The van der Waals surface area contributed by atoms with Gasteiger partial charge in [0.05, 0.1) is 24.0 Å². The van der Waals surface area contributed by atoms with Crippen LogP contribution in [0.4, 0.5) is 0 Å². The summed E-state index contributed by atoms with van der Waals surface area (Å²) < 4.78 is 9.42. The number of benzene rings is 1. The Hall–Kier alpha value is -3.79.